The first-order chi connectivity index (χ1) is 8.70. The van der Waals surface area contributed by atoms with Crippen molar-refractivity contribution in [3.63, 3.8) is 0 Å². The summed E-state index contributed by atoms with van der Waals surface area (Å²) in [4.78, 5) is 11.1. The molecule has 0 aliphatic heterocycles. The molecule has 0 saturated heterocycles. The van der Waals surface area contributed by atoms with E-state index in [1.54, 1.807) is 6.92 Å². The van der Waals surface area contributed by atoms with Gasteiger partial charge in [-0.05, 0) is 31.0 Å². The minimum absolute atomic E-state index is 0.123. The van der Waals surface area contributed by atoms with Crippen LogP contribution in [0.5, 0.6) is 0 Å². The number of carbonyl (C=O) groups is 1. The van der Waals surface area contributed by atoms with Gasteiger partial charge in [0.15, 0.2) is 0 Å². The standard InChI is InChI=1S/C16H18O2/c1-3-6-13-7-4-5-8-15(13)16-10-9-14(18-16)11-12(2)17/h4-5,7-10H,3,6,11H2,1-2H3. The van der Waals surface area contributed by atoms with Crippen molar-refractivity contribution < 1.29 is 9.21 Å². The average Bonchev–Trinajstić information content (AvgIpc) is 2.77. The monoisotopic (exact) mass is 242 g/mol. The molecule has 1 aromatic heterocycles. The van der Waals surface area contributed by atoms with Gasteiger partial charge >= 0.3 is 0 Å². The van der Waals surface area contributed by atoms with Crippen LogP contribution >= 0.6 is 0 Å². The fraction of sp³-hybridized carbons (Fsp3) is 0.312. The topological polar surface area (TPSA) is 30.2 Å². The third-order valence-electron chi connectivity index (χ3n) is 2.89. The highest BCUT2D eigenvalue weighted by atomic mass is 16.3. The van der Waals surface area contributed by atoms with Crippen LogP contribution < -0.4 is 0 Å². The Morgan fingerprint density at radius 1 is 1.17 bits per heavy atom. The summed E-state index contributed by atoms with van der Waals surface area (Å²) in [5.74, 6) is 1.72. The molecule has 0 saturated carbocycles. The van der Waals surface area contributed by atoms with Gasteiger partial charge in [0.25, 0.3) is 0 Å². The second-order valence-corrected chi connectivity index (χ2v) is 4.55. The van der Waals surface area contributed by atoms with E-state index in [1.165, 1.54) is 5.56 Å². The van der Waals surface area contributed by atoms with E-state index in [0.717, 1.165) is 29.9 Å². The fourth-order valence-corrected chi connectivity index (χ4v) is 2.11. The van der Waals surface area contributed by atoms with Crippen LogP contribution in [0.3, 0.4) is 0 Å². The Bertz CT molecular complexity index is 538. The molecule has 0 amide bonds. The highest BCUT2D eigenvalue weighted by Crippen LogP contribution is 2.26. The molecule has 0 aliphatic rings. The van der Waals surface area contributed by atoms with Gasteiger partial charge < -0.3 is 4.42 Å². The van der Waals surface area contributed by atoms with Crippen LogP contribution in [0.2, 0.25) is 0 Å². The average molecular weight is 242 g/mol. The maximum absolute atomic E-state index is 11.1. The maximum atomic E-state index is 11.1. The molecule has 18 heavy (non-hydrogen) atoms. The fourth-order valence-electron chi connectivity index (χ4n) is 2.11. The first kappa shape index (κ1) is 12.6. The molecule has 0 spiro atoms. The quantitative estimate of drug-likeness (QED) is 0.792. The zero-order valence-electron chi connectivity index (χ0n) is 10.9. The van der Waals surface area contributed by atoms with E-state index in [-0.39, 0.29) is 5.78 Å². The molecule has 0 fully saturated rings. The van der Waals surface area contributed by atoms with Crippen molar-refractivity contribution in [2.75, 3.05) is 0 Å². The number of carbonyl (C=O) groups excluding carboxylic acids is 1. The molecular formula is C16H18O2. The van der Waals surface area contributed by atoms with E-state index in [1.807, 2.05) is 24.3 Å². The second-order valence-electron chi connectivity index (χ2n) is 4.55. The largest absolute Gasteiger partial charge is 0.461 e. The molecule has 0 atom stereocenters. The van der Waals surface area contributed by atoms with E-state index in [2.05, 4.69) is 19.1 Å². The summed E-state index contributed by atoms with van der Waals surface area (Å²) < 4.78 is 5.75. The molecule has 1 heterocycles. The van der Waals surface area contributed by atoms with Gasteiger partial charge in [-0.2, -0.15) is 0 Å². The predicted octanol–water partition coefficient (Wildman–Crippen LogP) is 4.03. The van der Waals surface area contributed by atoms with Crippen molar-refractivity contribution in [3.05, 3.63) is 47.7 Å². The Hall–Kier alpha value is -1.83. The van der Waals surface area contributed by atoms with Crippen LogP contribution in [-0.2, 0) is 17.6 Å². The first-order valence-electron chi connectivity index (χ1n) is 6.37. The van der Waals surface area contributed by atoms with Crippen LogP contribution in [0.1, 0.15) is 31.6 Å². The molecular weight excluding hydrogens is 224 g/mol. The number of benzene rings is 1. The van der Waals surface area contributed by atoms with Crippen LogP contribution in [0.15, 0.2) is 40.8 Å². The van der Waals surface area contributed by atoms with E-state index >= 15 is 0 Å². The molecule has 2 nitrogen and oxygen atoms in total. The number of ketones is 1. The molecule has 0 aliphatic carbocycles. The molecule has 2 heteroatoms. The van der Waals surface area contributed by atoms with Crippen LogP contribution in [0.4, 0.5) is 0 Å². The maximum Gasteiger partial charge on any atom is 0.137 e. The van der Waals surface area contributed by atoms with Crippen molar-refractivity contribution in [2.24, 2.45) is 0 Å². The van der Waals surface area contributed by atoms with Crippen molar-refractivity contribution >= 4 is 5.78 Å². The third-order valence-corrected chi connectivity index (χ3v) is 2.89. The minimum atomic E-state index is 0.123. The summed E-state index contributed by atoms with van der Waals surface area (Å²) >= 11 is 0. The lowest BCUT2D eigenvalue weighted by atomic mass is 10.0. The molecule has 0 radical (unpaired) electrons. The second kappa shape index (κ2) is 5.67. The van der Waals surface area contributed by atoms with E-state index in [0.29, 0.717) is 6.42 Å². The van der Waals surface area contributed by atoms with Crippen LogP contribution in [-0.4, -0.2) is 5.78 Å². The summed E-state index contributed by atoms with van der Waals surface area (Å²) in [5.41, 5.74) is 2.43. The number of rotatable bonds is 5. The van der Waals surface area contributed by atoms with Gasteiger partial charge in [-0.25, -0.2) is 0 Å². The molecule has 0 N–H and O–H groups in total. The summed E-state index contributed by atoms with van der Waals surface area (Å²) in [6.45, 7) is 3.74. The Morgan fingerprint density at radius 3 is 2.67 bits per heavy atom. The smallest absolute Gasteiger partial charge is 0.137 e. The normalized spacial score (nSPS) is 10.6. The van der Waals surface area contributed by atoms with Gasteiger partial charge in [0.05, 0.1) is 6.42 Å². The first-order valence-corrected chi connectivity index (χ1v) is 6.37. The molecule has 94 valence electrons. The SMILES string of the molecule is CCCc1ccccc1-c1ccc(CC(C)=O)o1. The van der Waals surface area contributed by atoms with Crippen molar-refractivity contribution in [1.82, 2.24) is 0 Å². The number of furan rings is 1. The van der Waals surface area contributed by atoms with Gasteiger partial charge in [-0.15, -0.1) is 0 Å². The number of hydrogen-bond acceptors (Lipinski definition) is 2. The van der Waals surface area contributed by atoms with Gasteiger partial charge in [0.1, 0.15) is 17.3 Å². The number of hydrogen-bond donors (Lipinski definition) is 0. The Morgan fingerprint density at radius 2 is 1.94 bits per heavy atom. The van der Waals surface area contributed by atoms with E-state index < -0.39 is 0 Å². The Labute approximate surface area is 108 Å². The Kier molecular flexibility index (Phi) is 3.98. The minimum Gasteiger partial charge on any atom is -0.461 e. The van der Waals surface area contributed by atoms with Crippen molar-refractivity contribution in [3.8, 4) is 11.3 Å². The molecule has 0 bridgehead atoms. The zero-order valence-corrected chi connectivity index (χ0v) is 10.9. The number of Topliss-reactive ketones (excluding diaryl/α,β-unsaturated/α-hetero) is 1. The van der Waals surface area contributed by atoms with Gasteiger partial charge in [-0.1, -0.05) is 37.6 Å². The third kappa shape index (κ3) is 2.89. The van der Waals surface area contributed by atoms with Gasteiger partial charge in [0.2, 0.25) is 0 Å². The van der Waals surface area contributed by atoms with Gasteiger partial charge in [0, 0.05) is 5.56 Å². The molecule has 0 unspecified atom stereocenters. The van der Waals surface area contributed by atoms with Crippen molar-refractivity contribution in [1.29, 1.82) is 0 Å². The lowest BCUT2D eigenvalue weighted by Crippen LogP contribution is -1.93. The van der Waals surface area contributed by atoms with Crippen molar-refractivity contribution in [2.45, 2.75) is 33.1 Å². The molecule has 2 rings (SSSR count). The molecule has 1 aromatic carbocycles. The van der Waals surface area contributed by atoms with Gasteiger partial charge in [-0.3, -0.25) is 4.79 Å². The lowest BCUT2D eigenvalue weighted by Gasteiger charge is -2.05. The van der Waals surface area contributed by atoms with E-state index in [9.17, 15) is 4.79 Å². The lowest BCUT2D eigenvalue weighted by molar-refractivity contribution is -0.116. The van der Waals surface area contributed by atoms with E-state index in [4.69, 9.17) is 4.42 Å². The molecule has 2 aromatic rings. The summed E-state index contributed by atoms with van der Waals surface area (Å²) in [6, 6.07) is 12.1. The Balaban J connectivity index is 2.30. The van der Waals surface area contributed by atoms with Crippen LogP contribution in [0.25, 0.3) is 11.3 Å². The van der Waals surface area contributed by atoms with Crippen LogP contribution in [0, 0.1) is 0 Å². The highest BCUT2D eigenvalue weighted by molar-refractivity contribution is 5.77. The number of aryl methyl sites for hydroxylation is 1. The summed E-state index contributed by atoms with van der Waals surface area (Å²) in [7, 11) is 0. The summed E-state index contributed by atoms with van der Waals surface area (Å²) in [5, 5.41) is 0. The zero-order chi connectivity index (χ0) is 13.0. The predicted molar refractivity (Wildman–Crippen MR) is 72.5 cm³/mol. The summed E-state index contributed by atoms with van der Waals surface area (Å²) in [6.07, 6.45) is 2.52. The highest BCUT2D eigenvalue weighted by Gasteiger charge is 2.09.